The molecule has 12 nitrogen and oxygen atoms in total. The number of phenols is 1. The maximum atomic E-state index is 13.8. The Bertz CT molecular complexity index is 1200. The molecule has 1 rings (SSSR count). The van der Waals surface area contributed by atoms with Crippen LogP contribution in [0.4, 0.5) is 0 Å². The van der Waals surface area contributed by atoms with Gasteiger partial charge in [-0.15, -0.1) is 0 Å². The molecule has 5 amide bonds. The first-order chi connectivity index (χ1) is 23.0. The maximum absolute atomic E-state index is 13.8. The number of aliphatic hydroxyl groups is 1. The summed E-state index contributed by atoms with van der Waals surface area (Å²) in [5, 5.41) is 34.9. The minimum Gasteiger partial charge on any atom is -0.508 e. The Morgan fingerprint density at radius 1 is 0.720 bits per heavy atom. The van der Waals surface area contributed by atoms with Gasteiger partial charge < -0.3 is 36.8 Å². The van der Waals surface area contributed by atoms with E-state index in [9.17, 15) is 34.2 Å². The van der Waals surface area contributed by atoms with Gasteiger partial charge in [-0.25, -0.2) is 0 Å². The number of hydrogen-bond donors (Lipinski definition) is 7. The lowest BCUT2D eigenvalue weighted by atomic mass is 9.86. The van der Waals surface area contributed by atoms with Crippen molar-refractivity contribution >= 4 is 29.5 Å². The van der Waals surface area contributed by atoms with Gasteiger partial charge in [0.05, 0.1) is 24.5 Å². The molecular formula is C38H67N5O7. The number of rotatable bonds is 21. The van der Waals surface area contributed by atoms with Crippen molar-refractivity contribution in [2.45, 2.75) is 145 Å². The fraction of sp³-hybridized carbons (Fsp3) is 0.711. The van der Waals surface area contributed by atoms with Crippen LogP contribution in [0, 0.1) is 23.7 Å². The minimum atomic E-state index is -1.24. The van der Waals surface area contributed by atoms with Crippen LogP contribution in [-0.2, 0) is 24.0 Å². The van der Waals surface area contributed by atoms with Crippen LogP contribution in [0.3, 0.4) is 0 Å². The Morgan fingerprint density at radius 3 is 1.80 bits per heavy atom. The highest BCUT2D eigenvalue weighted by Gasteiger charge is 2.35. The third-order valence-electron chi connectivity index (χ3n) is 8.73. The third-order valence-corrected chi connectivity index (χ3v) is 8.73. The first kappa shape index (κ1) is 46.3. The fourth-order valence-corrected chi connectivity index (χ4v) is 5.77. The van der Waals surface area contributed by atoms with E-state index in [1.54, 1.807) is 19.1 Å². The van der Waals surface area contributed by atoms with Gasteiger partial charge in [-0.3, -0.25) is 24.0 Å². The van der Waals surface area contributed by atoms with Gasteiger partial charge in [0.2, 0.25) is 29.5 Å². The van der Waals surface area contributed by atoms with E-state index in [1.807, 2.05) is 62.3 Å². The predicted octanol–water partition coefficient (Wildman–Crippen LogP) is 4.14. The van der Waals surface area contributed by atoms with Crippen molar-refractivity contribution in [3.05, 3.63) is 29.8 Å². The van der Waals surface area contributed by atoms with Gasteiger partial charge in [0, 0.05) is 6.54 Å². The summed E-state index contributed by atoms with van der Waals surface area (Å²) in [6.07, 6.45) is 0.282. The van der Waals surface area contributed by atoms with Crippen molar-refractivity contribution in [3.8, 4) is 5.75 Å². The van der Waals surface area contributed by atoms with E-state index in [1.165, 1.54) is 12.1 Å². The van der Waals surface area contributed by atoms with E-state index in [-0.39, 0.29) is 55.1 Å². The number of nitrogens with one attached hydrogen (secondary N) is 5. The summed E-state index contributed by atoms with van der Waals surface area (Å²) >= 11 is 0. The predicted molar refractivity (Wildman–Crippen MR) is 198 cm³/mol. The lowest BCUT2D eigenvalue weighted by Crippen LogP contribution is -2.58. The molecule has 7 N–H and O–H groups in total. The molecule has 1 aromatic rings. The average Bonchev–Trinajstić information content (AvgIpc) is 3.01. The second-order valence-electron chi connectivity index (χ2n) is 14.2. The standard InChI is InChI=1S/C37H63N5O7.CH4/c1-11-14-27(34(46)40-28(19-21(4)5)29(44)20-30(45)41-32(23(8)9)36(48)38-13-3)39-37(49)33(24(10)12-2)42-35(47)31(22(6)7)25-15-17-26(43)18-16-25;/h15-18,21-24,27-29,31-33,43-44H,11-14,19-20H2,1-10H3,(H,38,48)(H,39,49)(H,40,46)(H,41,45)(H,42,47);1H4/t24-,27-,28-,29-,31?,32-,33-;/m0./s1. The van der Waals surface area contributed by atoms with Crippen LogP contribution in [0.5, 0.6) is 5.75 Å². The minimum absolute atomic E-state index is 0. The normalized spacial score (nSPS) is 15.5. The zero-order valence-electron chi connectivity index (χ0n) is 31.3. The van der Waals surface area contributed by atoms with Crippen molar-refractivity contribution in [1.82, 2.24) is 26.6 Å². The van der Waals surface area contributed by atoms with Crippen molar-refractivity contribution < 1.29 is 34.2 Å². The molecular weight excluding hydrogens is 638 g/mol. The van der Waals surface area contributed by atoms with E-state index in [2.05, 4.69) is 26.6 Å². The Hall–Kier alpha value is -3.67. The molecule has 0 aliphatic heterocycles. The van der Waals surface area contributed by atoms with Crippen LogP contribution < -0.4 is 26.6 Å². The molecule has 50 heavy (non-hydrogen) atoms. The summed E-state index contributed by atoms with van der Waals surface area (Å²) in [5.41, 5.74) is 0.712. The van der Waals surface area contributed by atoms with Gasteiger partial charge in [0.25, 0.3) is 0 Å². The van der Waals surface area contributed by atoms with Crippen molar-refractivity contribution in [2.24, 2.45) is 23.7 Å². The highest BCUT2D eigenvalue weighted by Crippen LogP contribution is 2.27. The number of carbonyl (C=O) groups excluding carboxylic acids is 5. The highest BCUT2D eigenvalue weighted by molar-refractivity contribution is 5.94. The Balaban J connectivity index is 0.0000240. The number of benzene rings is 1. The van der Waals surface area contributed by atoms with Gasteiger partial charge in [-0.05, 0) is 61.1 Å². The average molecular weight is 706 g/mol. The molecule has 0 radical (unpaired) electrons. The van der Waals surface area contributed by atoms with Crippen LogP contribution >= 0.6 is 0 Å². The molecule has 0 aliphatic carbocycles. The van der Waals surface area contributed by atoms with E-state index < -0.39 is 53.9 Å². The number of aromatic hydroxyl groups is 1. The van der Waals surface area contributed by atoms with Crippen LogP contribution in [0.15, 0.2) is 24.3 Å². The Labute approximate surface area is 300 Å². The smallest absolute Gasteiger partial charge is 0.243 e. The van der Waals surface area contributed by atoms with Gasteiger partial charge in [0.1, 0.15) is 23.9 Å². The number of phenolic OH excluding ortho intramolecular Hbond substituents is 1. The molecule has 0 bridgehead atoms. The SMILES string of the molecule is C.CCC[C@H](NC(=O)[C@@H](NC(=O)C(c1ccc(O)cc1)C(C)C)[C@@H](C)CC)C(=O)N[C@@H](CC(C)C)[C@@H](O)CC(=O)N[C@H](C(=O)NCC)C(C)C. The summed E-state index contributed by atoms with van der Waals surface area (Å²) in [4.78, 5) is 66.4. The summed E-state index contributed by atoms with van der Waals surface area (Å²) in [6, 6.07) is 3.01. The topological polar surface area (TPSA) is 186 Å². The first-order valence-electron chi connectivity index (χ1n) is 17.9. The van der Waals surface area contributed by atoms with E-state index in [4.69, 9.17) is 0 Å². The van der Waals surface area contributed by atoms with Gasteiger partial charge in [-0.1, -0.05) is 94.7 Å². The van der Waals surface area contributed by atoms with Crippen LogP contribution in [-0.4, -0.2) is 76.6 Å². The van der Waals surface area contributed by atoms with Crippen molar-refractivity contribution in [3.63, 3.8) is 0 Å². The second kappa shape index (κ2) is 22.9. The Morgan fingerprint density at radius 2 is 1.32 bits per heavy atom. The molecule has 0 saturated carbocycles. The molecule has 286 valence electrons. The molecule has 12 heteroatoms. The van der Waals surface area contributed by atoms with E-state index in [0.29, 0.717) is 37.8 Å². The van der Waals surface area contributed by atoms with Gasteiger partial charge in [0.15, 0.2) is 0 Å². The summed E-state index contributed by atoms with van der Waals surface area (Å²) in [6.45, 7) is 19.2. The van der Waals surface area contributed by atoms with Crippen LogP contribution in [0.25, 0.3) is 0 Å². The lowest BCUT2D eigenvalue weighted by Gasteiger charge is -2.31. The monoisotopic (exact) mass is 706 g/mol. The van der Waals surface area contributed by atoms with Gasteiger partial charge >= 0.3 is 0 Å². The molecule has 0 aromatic heterocycles. The first-order valence-corrected chi connectivity index (χ1v) is 17.9. The Kier molecular flexibility index (Phi) is 21.2. The quantitative estimate of drug-likeness (QED) is 0.100. The van der Waals surface area contributed by atoms with Crippen molar-refractivity contribution in [2.75, 3.05) is 6.54 Å². The summed E-state index contributed by atoms with van der Waals surface area (Å²) in [7, 11) is 0. The molecule has 0 fully saturated rings. The molecule has 0 saturated heterocycles. The maximum Gasteiger partial charge on any atom is 0.243 e. The lowest BCUT2D eigenvalue weighted by molar-refractivity contribution is -0.134. The number of likely N-dealkylation sites (N-methyl/N-ethyl adjacent to an activating group) is 1. The largest absolute Gasteiger partial charge is 0.508 e. The summed E-state index contributed by atoms with van der Waals surface area (Å²) in [5.74, 6) is -3.08. The highest BCUT2D eigenvalue weighted by atomic mass is 16.3. The molecule has 1 aromatic carbocycles. The number of amides is 5. The van der Waals surface area contributed by atoms with Gasteiger partial charge in [-0.2, -0.15) is 0 Å². The van der Waals surface area contributed by atoms with E-state index in [0.717, 1.165) is 0 Å². The number of aliphatic hydroxyl groups excluding tert-OH is 1. The summed E-state index contributed by atoms with van der Waals surface area (Å²) < 4.78 is 0. The molecule has 0 aliphatic rings. The number of hydrogen-bond acceptors (Lipinski definition) is 7. The second-order valence-corrected chi connectivity index (χ2v) is 14.2. The molecule has 0 heterocycles. The molecule has 0 spiro atoms. The van der Waals surface area contributed by atoms with Crippen LogP contribution in [0.2, 0.25) is 0 Å². The molecule has 7 atom stereocenters. The zero-order valence-corrected chi connectivity index (χ0v) is 31.3. The third kappa shape index (κ3) is 15.1. The molecule has 1 unspecified atom stereocenters. The van der Waals surface area contributed by atoms with Crippen LogP contribution in [0.1, 0.15) is 120 Å². The number of carbonyl (C=O) groups is 5. The zero-order chi connectivity index (χ0) is 37.4. The fourth-order valence-electron chi connectivity index (χ4n) is 5.77. The van der Waals surface area contributed by atoms with Crippen molar-refractivity contribution in [1.29, 1.82) is 0 Å². The van der Waals surface area contributed by atoms with E-state index >= 15 is 0 Å².